The van der Waals surface area contributed by atoms with Gasteiger partial charge in [0, 0.05) is 38.7 Å². The molecule has 0 radical (unpaired) electrons. The smallest absolute Gasteiger partial charge is 0.144 e. The van der Waals surface area contributed by atoms with Gasteiger partial charge in [-0.1, -0.05) is 166 Å². The monoisotopic (exact) mass is 703 g/mol. The minimum atomic E-state index is -0.290. The van der Waals surface area contributed by atoms with Crippen LogP contribution in [0.4, 0.5) is 17.1 Å². The summed E-state index contributed by atoms with van der Waals surface area (Å²) < 4.78 is 7.17. The third-order valence-corrected chi connectivity index (χ3v) is 11.8. The van der Waals surface area contributed by atoms with E-state index < -0.39 is 0 Å². The van der Waals surface area contributed by atoms with Crippen LogP contribution in [0, 0.1) is 0 Å². The first-order valence-electron chi connectivity index (χ1n) is 19.1. The average Bonchev–Trinajstić information content (AvgIpc) is 3.75. The van der Waals surface area contributed by atoms with Crippen LogP contribution in [-0.2, 0) is 5.41 Å². The Balaban J connectivity index is 1.24. The fourth-order valence-corrected chi connectivity index (χ4v) is 9.32. The SMILES string of the molecule is CC1(C)c2cccc(N(c3ccc(-c4ccccc4)cc3)c3ccc4ccccc4c3)c2-c2c1c1ccccc1c1c2oc2cccc(-c3ccccc3)c21. The molecule has 2 heteroatoms. The van der Waals surface area contributed by atoms with Gasteiger partial charge in [-0.05, 0) is 91.3 Å². The topological polar surface area (TPSA) is 16.4 Å². The summed E-state index contributed by atoms with van der Waals surface area (Å²) in [5.74, 6) is 0. The van der Waals surface area contributed by atoms with Gasteiger partial charge >= 0.3 is 0 Å². The Kier molecular flexibility index (Phi) is 6.93. The Bertz CT molecular complexity index is 3100. The molecule has 0 saturated heterocycles. The summed E-state index contributed by atoms with van der Waals surface area (Å²) in [6, 6.07) is 68.1. The molecule has 10 aromatic rings. The highest BCUT2D eigenvalue weighted by Gasteiger charge is 2.42. The van der Waals surface area contributed by atoms with Crippen molar-refractivity contribution in [3.8, 4) is 33.4 Å². The van der Waals surface area contributed by atoms with Gasteiger partial charge in [0.25, 0.3) is 0 Å². The molecule has 0 aliphatic heterocycles. The van der Waals surface area contributed by atoms with Crippen LogP contribution >= 0.6 is 0 Å². The summed E-state index contributed by atoms with van der Waals surface area (Å²) in [5.41, 5.74) is 14.7. The highest BCUT2D eigenvalue weighted by molar-refractivity contribution is 6.28. The summed E-state index contributed by atoms with van der Waals surface area (Å²) in [4.78, 5) is 2.45. The predicted octanol–water partition coefficient (Wildman–Crippen LogP) is 15.0. The van der Waals surface area contributed by atoms with Gasteiger partial charge in [0.1, 0.15) is 11.2 Å². The van der Waals surface area contributed by atoms with Crippen molar-refractivity contribution in [1.82, 2.24) is 0 Å². The van der Waals surface area contributed by atoms with Crippen LogP contribution in [0.1, 0.15) is 25.0 Å². The number of hydrogen-bond acceptors (Lipinski definition) is 2. The lowest BCUT2D eigenvalue weighted by Gasteiger charge is -2.29. The van der Waals surface area contributed by atoms with E-state index in [2.05, 4.69) is 207 Å². The molecule has 11 rings (SSSR count). The predicted molar refractivity (Wildman–Crippen MR) is 232 cm³/mol. The molecule has 0 saturated carbocycles. The summed E-state index contributed by atoms with van der Waals surface area (Å²) in [5, 5.41) is 7.26. The Labute approximate surface area is 320 Å². The molecule has 2 nitrogen and oxygen atoms in total. The fraction of sp³-hybridized carbons (Fsp3) is 0.0566. The van der Waals surface area contributed by atoms with Gasteiger partial charge in [-0.2, -0.15) is 0 Å². The van der Waals surface area contributed by atoms with E-state index in [9.17, 15) is 0 Å². The van der Waals surface area contributed by atoms with Gasteiger partial charge in [0.15, 0.2) is 0 Å². The molecule has 9 aromatic carbocycles. The zero-order chi connectivity index (χ0) is 36.7. The zero-order valence-electron chi connectivity index (χ0n) is 30.8. The van der Waals surface area contributed by atoms with E-state index in [1.54, 1.807) is 0 Å². The molecule has 1 aliphatic rings. The van der Waals surface area contributed by atoms with Gasteiger partial charge in [-0.25, -0.2) is 0 Å². The number of hydrogen-bond donors (Lipinski definition) is 0. The van der Waals surface area contributed by atoms with E-state index >= 15 is 0 Å². The molecule has 55 heavy (non-hydrogen) atoms. The van der Waals surface area contributed by atoms with Crippen LogP contribution in [0.25, 0.3) is 76.9 Å². The summed E-state index contributed by atoms with van der Waals surface area (Å²) in [7, 11) is 0. The zero-order valence-corrected chi connectivity index (χ0v) is 30.8. The second-order valence-electron chi connectivity index (χ2n) is 15.3. The number of fused-ring (bicyclic) bond motifs is 11. The molecule has 0 spiro atoms. The van der Waals surface area contributed by atoms with Crippen molar-refractivity contribution in [1.29, 1.82) is 0 Å². The Morgan fingerprint density at radius 1 is 0.455 bits per heavy atom. The Morgan fingerprint density at radius 3 is 1.87 bits per heavy atom. The van der Waals surface area contributed by atoms with Crippen molar-refractivity contribution in [3.63, 3.8) is 0 Å². The standard InChI is InChI=1S/C53H37NO/c1-53(2)44-24-14-25-45(54(40-32-29-35-17-9-10-20-38(35)33-40)39-30-27-36(28-31-39)34-15-5-3-6-16-34)49(44)50-51(53)43-22-12-11-21-42(43)48-47-41(37-18-7-4-8-19-37)23-13-26-46(47)55-52(48)50/h3-33H,1-2H3. The molecule has 0 unspecified atom stereocenters. The fourth-order valence-electron chi connectivity index (χ4n) is 9.32. The highest BCUT2D eigenvalue weighted by Crippen LogP contribution is 2.60. The summed E-state index contributed by atoms with van der Waals surface area (Å²) >= 11 is 0. The number of nitrogens with zero attached hydrogens (tertiary/aromatic N) is 1. The van der Waals surface area contributed by atoms with Gasteiger partial charge in [0.2, 0.25) is 0 Å². The molecule has 0 N–H and O–H groups in total. The van der Waals surface area contributed by atoms with Crippen LogP contribution in [-0.4, -0.2) is 0 Å². The van der Waals surface area contributed by atoms with Crippen LogP contribution in [0.5, 0.6) is 0 Å². The normalized spacial score (nSPS) is 13.1. The van der Waals surface area contributed by atoms with Crippen molar-refractivity contribution in [2.75, 3.05) is 4.90 Å². The maximum atomic E-state index is 7.17. The van der Waals surface area contributed by atoms with Crippen molar-refractivity contribution >= 4 is 60.5 Å². The molecular formula is C53H37NO. The molecule has 0 fully saturated rings. The largest absolute Gasteiger partial charge is 0.455 e. The molecule has 0 amide bonds. The van der Waals surface area contributed by atoms with Crippen molar-refractivity contribution in [2.45, 2.75) is 19.3 Å². The van der Waals surface area contributed by atoms with Gasteiger partial charge in [-0.3, -0.25) is 0 Å². The maximum absolute atomic E-state index is 7.17. The van der Waals surface area contributed by atoms with E-state index in [-0.39, 0.29) is 5.41 Å². The number of anilines is 3. The first-order valence-corrected chi connectivity index (χ1v) is 19.1. The van der Waals surface area contributed by atoms with E-state index in [0.29, 0.717) is 0 Å². The third-order valence-electron chi connectivity index (χ3n) is 11.8. The van der Waals surface area contributed by atoms with Crippen molar-refractivity contribution in [3.05, 3.63) is 199 Å². The Morgan fingerprint density at radius 2 is 1.09 bits per heavy atom. The number of benzene rings is 9. The third kappa shape index (κ3) is 4.74. The van der Waals surface area contributed by atoms with Crippen molar-refractivity contribution in [2.24, 2.45) is 0 Å². The van der Waals surface area contributed by atoms with E-state index in [0.717, 1.165) is 33.6 Å². The van der Waals surface area contributed by atoms with Crippen LogP contribution in [0.3, 0.4) is 0 Å². The lowest BCUT2D eigenvalue weighted by molar-refractivity contribution is 0.658. The van der Waals surface area contributed by atoms with Gasteiger partial charge in [-0.15, -0.1) is 0 Å². The van der Waals surface area contributed by atoms with Crippen LogP contribution in [0.15, 0.2) is 192 Å². The van der Waals surface area contributed by atoms with E-state index in [4.69, 9.17) is 4.42 Å². The molecule has 1 aromatic heterocycles. The quantitative estimate of drug-likeness (QED) is 0.177. The first kappa shape index (κ1) is 31.6. The van der Waals surface area contributed by atoms with Crippen LogP contribution < -0.4 is 4.90 Å². The number of rotatable bonds is 5. The van der Waals surface area contributed by atoms with E-state index in [1.165, 1.54) is 71.4 Å². The van der Waals surface area contributed by atoms with Crippen molar-refractivity contribution < 1.29 is 4.42 Å². The maximum Gasteiger partial charge on any atom is 0.144 e. The van der Waals surface area contributed by atoms with E-state index in [1.807, 2.05) is 0 Å². The first-order chi connectivity index (χ1) is 27.1. The summed E-state index contributed by atoms with van der Waals surface area (Å²) in [6.07, 6.45) is 0. The Hall–Kier alpha value is -6.90. The minimum Gasteiger partial charge on any atom is -0.455 e. The van der Waals surface area contributed by atoms with Gasteiger partial charge in [0.05, 0.1) is 5.69 Å². The summed E-state index contributed by atoms with van der Waals surface area (Å²) in [6.45, 7) is 4.76. The minimum absolute atomic E-state index is 0.290. The molecule has 1 heterocycles. The highest BCUT2D eigenvalue weighted by atomic mass is 16.3. The lowest BCUT2D eigenvalue weighted by Crippen LogP contribution is -2.16. The average molecular weight is 704 g/mol. The molecule has 0 atom stereocenters. The second-order valence-corrected chi connectivity index (χ2v) is 15.3. The van der Waals surface area contributed by atoms with Crippen LogP contribution in [0.2, 0.25) is 0 Å². The van der Waals surface area contributed by atoms with Gasteiger partial charge < -0.3 is 9.32 Å². The molecular weight excluding hydrogens is 667 g/mol. The second kappa shape index (κ2) is 12.1. The molecule has 260 valence electrons. The number of furan rings is 1. The molecule has 0 bridgehead atoms. The molecule has 1 aliphatic carbocycles. The lowest BCUT2D eigenvalue weighted by atomic mass is 9.79.